The highest BCUT2D eigenvalue weighted by molar-refractivity contribution is 5.90. The molecule has 7 heteroatoms. The number of aromatic hydroxyl groups is 3. The van der Waals surface area contributed by atoms with Crippen molar-refractivity contribution in [2.24, 2.45) is 0 Å². The van der Waals surface area contributed by atoms with E-state index in [1.165, 1.54) is 12.1 Å². The van der Waals surface area contributed by atoms with Crippen LogP contribution in [0.5, 0.6) is 23.0 Å². The van der Waals surface area contributed by atoms with E-state index in [1.54, 1.807) is 12.1 Å². The molecule has 0 saturated heterocycles. The minimum Gasteiger partial charge on any atom is -0.508 e. The highest BCUT2D eigenvalue weighted by Gasteiger charge is 2.28. The van der Waals surface area contributed by atoms with Crippen molar-refractivity contribution in [3.05, 3.63) is 81.5 Å². The van der Waals surface area contributed by atoms with E-state index in [0.717, 1.165) is 5.56 Å². The zero-order valence-electron chi connectivity index (χ0n) is 18.3. The number of hydrogen-bond acceptors (Lipinski definition) is 7. The molecule has 1 unspecified atom stereocenters. The first-order valence-corrected chi connectivity index (χ1v) is 11.1. The Morgan fingerprint density at radius 1 is 0.971 bits per heavy atom. The molecule has 0 saturated carbocycles. The maximum atomic E-state index is 13.2. The summed E-state index contributed by atoms with van der Waals surface area (Å²) in [5.41, 5.74) is 1.90. The Hall–Kier alpha value is -3.97. The first kappa shape index (κ1) is 21.9. The van der Waals surface area contributed by atoms with Crippen molar-refractivity contribution in [2.75, 3.05) is 6.61 Å². The van der Waals surface area contributed by atoms with Crippen LogP contribution in [-0.2, 0) is 12.8 Å². The SMILES string of the molecule is O=c1c(O)c(-c2ccc(O)c(Cc3ccccc3)c2)oc2cc(O)c3c(c12)OC(CCO)CC3. The molecular formula is C27H24O7. The summed E-state index contributed by atoms with van der Waals surface area (Å²) in [5.74, 6) is -0.422. The van der Waals surface area contributed by atoms with E-state index in [9.17, 15) is 25.2 Å². The molecule has 4 aromatic rings. The van der Waals surface area contributed by atoms with Gasteiger partial charge >= 0.3 is 0 Å². The summed E-state index contributed by atoms with van der Waals surface area (Å²) in [5, 5.41) is 41.0. The summed E-state index contributed by atoms with van der Waals surface area (Å²) >= 11 is 0. The molecule has 0 amide bonds. The lowest BCUT2D eigenvalue weighted by molar-refractivity contribution is 0.134. The molecule has 5 rings (SSSR count). The maximum absolute atomic E-state index is 13.2. The van der Waals surface area contributed by atoms with E-state index in [4.69, 9.17) is 9.15 Å². The van der Waals surface area contributed by atoms with Gasteiger partial charge in [0.15, 0.2) is 5.76 Å². The number of aliphatic hydroxyl groups is 1. The van der Waals surface area contributed by atoms with E-state index in [1.807, 2.05) is 30.3 Å². The molecule has 174 valence electrons. The van der Waals surface area contributed by atoms with Gasteiger partial charge in [0, 0.05) is 36.6 Å². The predicted molar refractivity (Wildman–Crippen MR) is 127 cm³/mol. The number of fused-ring (bicyclic) bond motifs is 3. The molecule has 1 aromatic heterocycles. The van der Waals surface area contributed by atoms with Crippen molar-refractivity contribution in [3.63, 3.8) is 0 Å². The summed E-state index contributed by atoms with van der Waals surface area (Å²) in [4.78, 5) is 13.2. The normalized spacial score (nSPS) is 15.1. The molecule has 3 aromatic carbocycles. The average molecular weight is 460 g/mol. The van der Waals surface area contributed by atoms with Gasteiger partial charge in [0.25, 0.3) is 0 Å². The molecule has 1 atom stereocenters. The second-order valence-corrected chi connectivity index (χ2v) is 8.48. The second-order valence-electron chi connectivity index (χ2n) is 8.48. The number of phenols is 2. The summed E-state index contributed by atoms with van der Waals surface area (Å²) in [6.07, 6.45) is 1.61. The van der Waals surface area contributed by atoms with Crippen molar-refractivity contribution in [1.29, 1.82) is 0 Å². The average Bonchev–Trinajstić information content (AvgIpc) is 2.83. The quantitative estimate of drug-likeness (QED) is 0.351. The Morgan fingerprint density at radius 3 is 2.53 bits per heavy atom. The van der Waals surface area contributed by atoms with Crippen molar-refractivity contribution >= 4 is 11.0 Å². The predicted octanol–water partition coefficient (Wildman–Crippen LogP) is 4.24. The molecule has 1 aliphatic heterocycles. The standard InChI is InChI=1S/C27H24O7/c28-11-10-18-7-8-19-21(30)14-22-23(27(19)33-18)24(31)25(32)26(34-22)16-6-9-20(29)17(13-16)12-15-4-2-1-3-5-15/h1-6,9,13-14,18,28-30,32H,7-8,10-12H2. The maximum Gasteiger partial charge on any atom is 0.238 e. The van der Waals surface area contributed by atoms with Crippen LogP contribution in [0.15, 0.2) is 63.8 Å². The summed E-state index contributed by atoms with van der Waals surface area (Å²) in [6, 6.07) is 15.7. The minimum atomic E-state index is -0.671. The fourth-order valence-corrected chi connectivity index (χ4v) is 4.47. The van der Waals surface area contributed by atoms with Gasteiger partial charge in [-0.25, -0.2) is 0 Å². The molecule has 1 aliphatic rings. The van der Waals surface area contributed by atoms with Crippen LogP contribution in [0.2, 0.25) is 0 Å². The third kappa shape index (κ3) is 3.84. The molecule has 2 heterocycles. The third-order valence-corrected chi connectivity index (χ3v) is 6.22. The number of ether oxygens (including phenoxy) is 1. The topological polar surface area (TPSA) is 120 Å². The lowest BCUT2D eigenvalue weighted by atomic mass is 9.96. The Bertz CT molecular complexity index is 1420. The van der Waals surface area contributed by atoms with Crippen LogP contribution in [0.25, 0.3) is 22.3 Å². The van der Waals surface area contributed by atoms with Crippen molar-refractivity contribution in [2.45, 2.75) is 31.8 Å². The summed E-state index contributed by atoms with van der Waals surface area (Å²) in [7, 11) is 0. The first-order valence-electron chi connectivity index (χ1n) is 11.1. The zero-order valence-corrected chi connectivity index (χ0v) is 18.3. The van der Waals surface area contributed by atoms with E-state index in [-0.39, 0.29) is 46.7 Å². The molecule has 34 heavy (non-hydrogen) atoms. The van der Waals surface area contributed by atoms with E-state index < -0.39 is 11.2 Å². The van der Waals surface area contributed by atoms with Crippen molar-refractivity contribution in [3.8, 4) is 34.3 Å². The van der Waals surface area contributed by atoms with Gasteiger partial charge in [-0.3, -0.25) is 4.79 Å². The van der Waals surface area contributed by atoms with Gasteiger partial charge in [-0.15, -0.1) is 0 Å². The van der Waals surface area contributed by atoms with Gasteiger partial charge in [0.1, 0.15) is 34.3 Å². The second kappa shape index (κ2) is 8.76. The van der Waals surface area contributed by atoms with Crippen LogP contribution in [0.1, 0.15) is 29.5 Å². The molecule has 7 nitrogen and oxygen atoms in total. The van der Waals surface area contributed by atoms with Crippen LogP contribution in [0.4, 0.5) is 0 Å². The number of phenolic OH excluding ortho intramolecular Hbond substituents is 2. The summed E-state index contributed by atoms with van der Waals surface area (Å²) in [6.45, 7) is -0.0626. The molecule has 0 spiro atoms. The number of hydrogen-bond donors (Lipinski definition) is 4. The lowest BCUT2D eigenvalue weighted by Gasteiger charge is -2.27. The van der Waals surface area contributed by atoms with Gasteiger partial charge in [-0.2, -0.15) is 0 Å². The van der Waals surface area contributed by atoms with Crippen LogP contribution in [0.3, 0.4) is 0 Å². The van der Waals surface area contributed by atoms with Crippen LogP contribution in [0, 0.1) is 0 Å². The number of rotatable bonds is 5. The molecule has 0 radical (unpaired) electrons. The van der Waals surface area contributed by atoms with E-state index in [0.29, 0.717) is 42.4 Å². The Kier molecular flexibility index (Phi) is 5.63. The smallest absolute Gasteiger partial charge is 0.238 e. The Balaban J connectivity index is 1.63. The zero-order chi connectivity index (χ0) is 23.8. The highest BCUT2D eigenvalue weighted by atomic mass is 16.5. The molecular weight excluding hydrogens is 436 g/mol. The lowest BCUT2D eigenvalue weighted by Crippen LogP contribution is -2.25. The van der Waals surface area contributed by atoms with Crippen LogP contribution in [-0.4, -0.2) is 33.1 Å². The highest BCUT2D eigenvalue weighted by Crippen LogP contribution is 2.43. The van der Waals surface area contributed by atoms with E-state index in [2.05, 4.69) is 0 Å². The van der Waals surface area contributed by atoms with Gasteiger partial charge in [0.2, 0.25) is 11.2 Å². The van der Waals surface area contributed by atoms with E-state index >= 15 is 0 Å². The Labute approximate surface area is 195 Å². The molecule has 0 bridgehead atoms. The summed E-state index contributed by atoms with van der Waals surface area (Å²) < 4.78 is 11.9. The third-order valence-electron chi connectivity index (χ3n) is 6.22. The fraction of sp³-hybridized carbons (Fsp3) is 0.222. The van der Waals surface area contributed by atoms with Gasteiger partial charge in [-0.1, -0.05) is 30.3 Å². The van der Waals surface area contributed by atoms with Crippen molar-refractivity contribution < 1.29 is 29.6 Å². The van der Waals surface area contributed by atoms with Crippen LogP contribution < -0.4 is 10.2 Å². The number of aliphatic hydroxyl groups excluding tert-OH is 1. The Morgan fingerprint density at radius 2 is 1.76 bits per heavy atom. The largest absolute Gasteiger partial charge is 0.508 e. The van der Waals surface area contributed by atoms with Gasteiger partial charge in [0.05, 0.1) is 0 Å². The fourth-order valence-electron chi connectivity index (χ4n) is 4.47. The first-order chi connectivity index (χ1) is 16.5. The number of benzene rings is 3. The molecule has 0 fully saturated rings. The minimum absolute atomic E-state index is 0.0554. The van der Waals surface area contributed by atoms with Crippen molar-refractivity contribution in [1.82, 2.24) is 0 Å². The van der Waals surface area contributed by atoms with Crippen LogP contribution >= 0.6 is 0 Å². The van der Waals surface area contributed by atoms with Gasteiger partial charge < -0.3 is 29.6 Å². The monoisotopic (exact) mass is 460 g/mol. The molecule has 0 aliphatic carbocycles. The molecule has 4 N–H and O–H groups in total. The van der Waals surface area contributed by atoms with Gasteiger partial charge in [-0.05, 0) is 42.2 Å².